The van der Waals surface area contributed by atoms with Gasteiger partial charge in [0.05, 0.1) is 4.90 Å². The molecule has 0 amide bonds. The molecule has 1 saturated carbocycles. The Morgan fingerprint density at radius 2 is 1.61 bits per heavy atom. The Balaban J connectivity index is 1.71. The van der Waals surface area contributed by atoms with E-state index in [1.807, 2.05) is 12.1 Å². The maximum Gasteiger partial charge on any atom is 0.263 e. The zero-order valence-corrected chi connectivity index (χ0v) is 14.0. The Bertz CT molecular complexity index is 767. The summed E-state index contributed by atoms with van der Waals surface area (Å²) in [6.45, 7) is 4.13. The molecule has 1 aromatic carbocycles. The first-order valence-electron chi connectivity index (χ1n) is 7.67. The van der Waals surface area contributed by atoms with Crippen LogP contribution in [-0.2, 0) is 10.0 Å². The second-order valence-electron chi connectivity index (χ2n) is 6.05. The fraction of sp³-hybridized carbons (Fsp3) is 0.375. The quantitative estimate of drug-likeness (QED) is 0.849. The second kappa shape index (κ2) is 6.16. The van der Waals surface area contributed by atoms with E-state index in [-0.39, 0.29) is 10.7 Å². The van der Waals surface area contributed by atoms with Gasteiger partial charge in [0, 0.05) is 6.04 Å². The molecule has 3 rings (SSSR count). The van der Waals surface area contributed by atoms with Gasteiger partial charge in [-0.05, 0) is 48.6 Å². The van der Waals surface area contributed by atoms with Crippen LogP contribution in [0.15, 0.2) is 41.3 Å². The van der Waals surface area contributed by atoms with E-state index in [9.17, 15) is 8.42 Å². The Hall–Kier alpha value is -2.15. The van der Waals surface area contributed by atoms with E-state index in [4.69, 9.17) is 0 Å². The van der Waals surface area contributed by atoms with Gasteiger partial charge >= 0.3 is 0 Å². The normalized spacial score (nSPS) is 14.7. The van der Waals surface area contributed by atoms with Crippen molar-refractivity contribution in [2.45, 2.75) is 43.5 Å². The average molecular weight is 332 g/mol. The van der Waals surface area contributed by atoms with Gasteiger partial charge in [-0.3, -0.25) is 4.72 Å². The summed E-state index contributed by atoms with van der Waals surface area (Å²) in [4.78, 5) is 0.212. The van der Waals surface area contributed by atoms with Gasteiger partial charge < -0.3 is 5.32 Å². The average Bonchev–Trinajstić information content (AvgIpc) is 3.33. The third-order valence-corrected chi connectivity index (χ3v) is 5.06. The summed E-state index contributed by atoms with van der Waals surface area (Å²) in [5.41, 5.74) is 1.10. The van der Waals surface area contributed by atoms with Crippen LogP contribution in [0, 0.1) is 0 Å². The molecule has 0 unspecified atom stereocenters. The highest BCUT2D eigenvalue weighted by molar-refractivity contribution is 7.92. The molecular formula is C16H20N4O2S. The van der Waals surface area contributed by atoms with Crippen LogP contribution in [-0.4, -0.2) is 24.7 Å². The van der Waals surface area contributed by atoms with Crippen molar-refractivity contribution in [1.82, 2.24) is 10.2 Å². The topological polar surface area (TPSA) is 84.0 Å². The maximum atomic E-state index is 12.4. The van der Waals surface area contributed by atoms with E-state index in [0.29, 0.717) is 17.8 Å². The Labute approximate surface area is 136 Å². The summed E-state index contributed by atoms with van der Waals surface area (Å²) in [5, 5.41) is 11.1. The molecule has 6 nitrogen and oxygen atoms in total. The monoisotopic (exact) mass is 332 g/mol. The van der Waals surface area contributed by atoms with Crippen LogP contribution >= 0.6 is 0 Å². The zero-order valence-electron chi connectivity index (χ0n) is 13.2. The Morgan fingerprint density at radius 1 is 1.00 bits per heavy atom. The molecule has 0 radical (unpaired) electrons. The molecule has 0 bridgehead atoms. The molecular weight excluding hydrogens is 312 g/mol. The fourth-order valence-electron chi connectivity index (χ4n) is 2.13. The van der Waals surface area contributed by atoms with Gasteiger partial charge in [-0.15, -0.1) is 10.2 Å². The smallest absolute Gasteiger partial charge is 0.263 e. The van der Waals surface area contributed by atoms with Gasteiger partial charge in [0.15, 0.2) is 5.82 Å². The van der Waals surface area contributed by atoms with E-state index in [0.717, 1.165) is 18.4 Å². The predicted molar refractivity (Wildman–Crippen MR) is 90.0 cm³/mol. The lowest BCUT2D eigenvalue weighted by molar-refractivity contribution is 0.601. The van der Waals surface area contributed by atoms with Crippen LogP contribution < -0.4 is 10.0 Å². The third-order valence-electron chi connectivity index (χ3n) is 3.69. The predicted octanol–water partition coefficient (Wildman–Crippen LogP) is 2.98. The highest BCUT2D eigenvalue weighted by Crippen LogP contribution is 2.24. The lowest BCUT2D eigenvalue weighted by Gasteiger charge is -2.09. The zero-order chi connectivity index (χ0) is 16.4. The summed E-state index contributed by atoms with van der Waals surface area (Å²) in [6, 6.07) is 10.7. The van der Waals surface area contributed by atoms with Crippen LogP contribution in [0.1, 0.15) is 38.2 Å². The number of benzene rings is 1. The third kappa shape index (κ3) is 3.98. The molecule has 1 aliphatic carbocycles. The molecule has 0 atom stereocenters. The fourth-order valence-corrected chi connectivity index (χ4v) is 3.13. The second-order valence-corrected chi connectivity index (χ2v) is 7.73. The summed E-state index contributed by atoms with van der Waals surface area (Å²) in [5.74, 6) is 1.23. The van der Waals surface area contributed by atoms with Crippen LogP contribution in [0.5, 0.6) is 0 Å². The minimum Gasteiger partial charge on any atom is -0.366 e. The standard InChI is InChI=1S/C16H20N4O2S/c1-11(2)12-3-7-14(8-4-12)23(21,22)20-16-10-9-15(18-19-16)17-13-5-6-13/h3-4,7-11,13H,5-6H2,1-2H3,(H,17,18)(H,19,20). The molecule has 1 aromatic heterocycles. The van der Waals surface area contributed by atoms with E-state index in [1.165, 1.54) is 0 Å². The van der Waals surface area contributed by atoms with Crippen molar-refractivity contribution in [3.05, 3.63) is 42.0 Å². The van der Waals surface area contributed by atoms with Gasteiger partial charge in [-0.1, -0.05) is 26.0 Å². The number of hydrogen-bond acceptors (Lipinski definition) is 5. The number of sulfonamides is 1. The van der Waals surface area contributed by atoms with E-state index < -0.39 is 10.0 Å². The molecule has 1 fully saturated rings. The molecule has 0 spiro atoms. The first-order valence-corrected chi connectivity index (χ1v) is 9.15. The lowest BCUT2D eigenvalue weighted by atomic mass is 10.0. The van der Waals surface area contributed by atoms with Gasteiger partial charge in [-0.2, -0.15) is 0 Å². The molecule has 0 aliphatic heterocycles. The van der Waals surface area contributed by atoms with E-state index in [1.54, 1.807) is 24.3 Å². The number of nitrogens with zero attached hydrogens (tertiary/aromatic N) is 2. The van der Waals surface area contributed by atoms with Crippen LogP contribution in [0.3, 0.4) is 0 Å². The van der Waals surface area contributed by atoms with Gasteiger partial charge in [0.1, 0.15) is 5.82 Å². The van der Waals surface area contributed by atoms with Crippen molar-refractivity contribution in [3.63, 3.8) is 0 Å². The number of aromatic nitrogens is 2. The Kier molecular flexibility index (Phi) is 4.21. The van der Waals surface area contributed by atoms with Gasteiger partial charge in [-0.25, -0.2) is 8.42 Å². The highest BCUT2D eigenvalue weighted by Gasteiger charge is 2.21. The first-order chi connectivity index (χ1) is 10.9. The van der Waals surface area contributed by atoms with Crippen molar-refractivity contribution >= 4 is 21.7 Å². The molecule has 122 valence electrons. The summed E-state index contributed by atoms with van der Waals surface area (Å²) in [7, 11) is -3.65. The molecule has 7 heteroatoms. The van der Waals surface area contributed by atoms with Crippen molar-refractivity contribution in [2.75, 3.05) is 10.0 Å². The number of anilines is 2. The highest BCUT2D eigenvalue weighted by atomic mass is 32.2. The molecule has 23 heavy (non-hydrogen) atoms. The summed E-state index contributed by atoms with van der Waals surface area (Å²) in [6.07, 6.45) is 2.28. The van der Waals surface area contributed by atoms with Gasteiger partial charge in [0.25, 0.3) is 10.0 Å². The minimum atomic E-state index is -3.65. The summed E-state index contributed by atoms with van der Waals surface area (Å²) < 4.78 is 27.2. The number of hydrogen-bond donors (Lipinski definition) is 2. The van der Waals surface area contributed by atoms with Crippen molar-refractivity contribution in [2.24, 2.45) is 0 Å². The number of rotatable bonds is 6. The largest absolute Gasteiger partial charge is 0.366 e. The maximum absolute atomic E-state index is 12.4. The van der Waals surface area contributed by atoms with Crippen LogP contribution in [0.2, 0.25) is 0 Å². The van der Waals surface area contributed by atoms with Crippen LogP contribution in [0.4, 0.5) is 11.6 Å². The van der Waals surface area contributed by atoms with Crippen molar-refractivity contribution in [3.8, 4) is 0 Å². The lowest BCUT2D eigenvalue weighted by Crippen LogP contribution is -2.15. The molecule has 2 N–H and O–H groups in total. The SMILES string of the molecule is CC(C)c1ccc(S(=O)(=O)Nc2ccc(NC3CC3)nn2)cc1. The molecule has 0 saturated heterocycles. The first kappa shape index (κ1) is 15.7. The molecule has 1 heterocycles. The van der Waals surface area contributed by atoms with Crippen LogP contribution in [0.25, 0.3) is 0 Å². The minimum absolute atomic E-state index is 0.208. The molecule has 1 aliphatic rings. The van der Waals surface area contributed by atoms with Gasteiger partial charge in [0.2, 0.25) is 0 Å². The van der Waals surface area contributed by atoms with Crippen molar-refractivity contribution < 1.29 is 8.42 Å². The van der Waals surface area contributed by atoms with E-state index in [2.05, 4.69) is 34.1 Å². The van der Waals surface area contributed by atoms with Crippen molar-refractivity contribution in [1.29, 1.82) is 0 Å². The van der Waals surface area contributed by atoms with E-state index >= 15 is 0 Å². The summed E-state index contributed by atoms with van der Waals surface area (Å²) >= 11 is 0. The number of nitrogens with one attached hydrogen (secondary N) is 2. The molecule has 2 aromatic rings. The Morgan fingerprint density at radius 3 is 2.13 bits per heavy atom.